The summed E-state index contributed by atoms with van der Waals surface area (Å²) >= 11 is 5.51. The minimum atomic E-state index is 0.141. The first-order valence-corrected chi connectivity index (χ1v) is 3.84. The Bertz CT molecular complexity index is 343. The molecule has 0 amide bonds. The van der Waals surface area contributed by atoms with Crippen molar-refractivity contribution in [2.24, 2.45) is 0 Å². The molecule has 13 heavy (non-hydrogen) atoms. The molecule has 0 aliphatic carbocycles. The van der Waals surface area contributed by atoms with E-state index in [0.717, 1.165) is 0 Å². The van der Waals surface area contributed by atoms with Crippen LogP contribution in [-0.4, -0.2) is 21.5 Å². The zero-order valence-electron chi connectivity index (χ0n) is 6.61. The maximum absolute atomic E-state index is 8.18. The molecule has 0 aliphatic rings. The highest BCUT2D eigenvalue weighted by atomic mass is 35.5. The molecular weight excluding hydrogens is 190 g/mol. The molecule has 0 unspecified atom stereocenters. The van der Waals surface area contributed by atoms with Crippen LogP contribution in [0.5, 0.6) is 0 Å². The Balaban J connectivity index is 2.46. The highest BCUT2D eigenvalue weighted by Gasteiger charge is 1.94. The van der Waals surface area contributed by atoms with E-state index in [9.17, 15) is 0 Å². The smallest absolute Gasteiger partial charge is 0.227 e. The molecule has 0 bridgehead atoms. The van der Waals surface area contributed by atoms with Gasteiger partial charge in [-0.3, -0.25) is 0 Å². The molecule has 0 fully saturated rings. The summed E-state index contributed by atoms with van der Waals surface area (Å²) in [5.74, 6) is 0.391. The lowest BCUT2D eigenvalue weighted by molar-refractivity contribution is 1.03. The maximum atomic E-state index is 8.18. The van der Waals surface area contributed by atoms with Crippen molar-refractivity contribution in [1.82, 2.24) is 15.0 Å². The summed E-state index contributed by atoms with van der Waals surface area (Å²) in [4.78, 5) is 11.2. The Hall–Kier alpha value is -1.67. The number of rotatable bonds is 3. The zero-order valence-corrected chi connectivity index (χ0v) is 7.36. The fourth-order valence-corrected chi connectivity index (χ4v) is 0.747. The summed E-state index contributed by atoms with van der Waals surface area (Å²) in [5.41, 5.74) is 0. The van der Waals surface area contributed by atoms with Crippen LogP contribution in [0.1, 0.15) is 0 Å². The molecular formula is C7H6ClN5. The fraction of sp³-hybridized carbons (Fsp3) is 0.143. The number of nitrogens with one attached hydrogen (secondary N) is 1. The molecule has 1 aromatic heterocycles. The van der Waals surface area contributed by atoms with E-state index in [1.807, 2.05) is 6.07 Å². The van der Waals surface area contributed by atoms with Crippen molar-refractivity contribution in [2.45, 2.75) is 0 Å². The Kier molecular flexibility index (Phi) is 3.67. The molecule has 5 nitrogen and oxygen atoms in total. The van der Waals surface area contributed by atoms with Gasteiger partial charge in [-0.25, -0.2) is 9.97 Å². The van der Waals surface area contributed by atoms with E-state index in [1.165, 1.54) is 12.4 Å². The number of hydrogen-bond acceptors (Lipinski definition) is 5. The number of halogens is 1. The van der Waals surface area contributed by atoms with Crippen LogP contribution < -0.4 is 5.32 Å². The van der Waals surface area contributed by atoms with Crippen LogP contribution >= 0.6 is 11.6 Å². The van der Waals surface area contributed by atoms with Gasteiger partial charge in [0.2, 0.25) is 11.2 Å². The van der Waals surface area contributed by atoms with Gasteiger partial charge in [0.15, 0.2) is 0 Å². The largest absolute Gasteiger partial charge is 0.351 e. The molecule has 0 aliphatic heterocycles. The van der Waals surface area contributed by atoms with Crippen LogP contribution in [0.4, 0.5) is 5.95 Å². The third-order valence-corrected chi connectivity index (χ3v) is 1.29. The molecule has 1 rings (SSSR count). The average molecular weight is 196 g/mol. The quantitative estimate of drug-likeness (QED) is 0.729. The number of allylic oxidation sites excluding steroid dienone is 1. The topological polar surface area (TPSA) is 74.5 Å². The molecule has 0 aromatic carbocycles. The minimum absolute atomic E-state index is 0.141. The number of nitrogens with zero attached hydrogens (tertiary/aromatic N) is 4. The number of hydrogen-bond donors (Lipinski definition) is 1. The Morgan fingerprint density at radius 2 is 2.46 bits per heavy atom. The van der Waals surface area contributed by atoms with E-state index >= 15 is 0 Å². The summed E-state index contributed by atoms with van der Waals surface area (Å²) < 4.78 is 0. The van der Waals surface area contributed by atoms with Crippen molar-refractivity contribution < 1.29 is 0 Å². The van der Waals surface area contributed by atoms with Gasteiger partial charge in [0.25, 0.3) is 0 Å². The summed E-state index contributed by atoms with van der Waals surface area (Å²) in [7, 11) is 0. The number of nitriles is 1. The molecule has 0 saturated carbocycles. The lowest BCUT2D eigenvalue weighted by Crippen LogP contribution is -2.03. The van der Waals surface area contributed by atoms with Crippen molar-refractivity contribution in [2.75, 3.05) is 11.9 Å². The van der Waals surface area contributed by atoms with Gasteiger partial charge in [0.1, 0.15) is 6.33 Å². The van der Waals surface area contributed by atoms with Gasteiger partial charge in [-0.15, -0.1) is 0 Å². The van der Waals surface area contributed by atoms with Gasteiger partial charge in [0, 0.05) is 12.6 Å². The molecule has 0 saturated heterocycles. The monoisotopic (exact) mass is 195 g/mol. The molecule has 0 radical (unpaired) electrons. The number of anilines is 1. The molecule has 1 aromatic rings. The predicted molar refractivity (Wildman–Crippen MR) is 48.1 cm³/mol. The number of aromatic nitrogens is 3. The molecule has 66 valence electrons. The first-order chi connectivity index (χ1) is 6.33. The van der Waals surface area contributed by atoms with Gasteiger partial charge in [0.05, 0.1) is 6.07 Å². The Morgan fingerprint density at radius 3 is 3.15 bits per heavy atom. The normalized spacial score (nSPS) is 9.85. The Labute approximate surface area is 80.1 Å². The van der Waals surface area contributed by atoms with Crippen LogP contribution in [0.2, 0.25) is 5.28 Å². The van der Waals surface area contributed by atoms with Crippen molar-refractivity contribution in [3.05, 3.63) is 23.8 Å². The molecule has 6 heteroatoms. The van der Waals surface area contributed by atoms with Gasteiger partial charge in [-0.2, -0.15) is 10.2 Å². The molecule has 0 spiro atoms. The summed E-state index contributed by atoms with van der Waals surface area (Å²) in [5, 5.41) is 11.2. The van der Waals surface area contributed by atoms with Gasteiger partial charge in [-0.1, -0.05) is 6.08 Å². The van der Waals surface area contributed by atoms with Gasteiger partial charge in [-0.05, 0) is 11.6 Å². The van der Waals surface area contributed by atoms with E-state index in [0.29, 0.717) is 12.5 Å². The maximum Gasteiger partial charge on any atom is 0.227 e. The van der Waals surface area contributed by atoms with Crippen molar-refractivity contribution >= 4 is 17.5 Å². The molecule has 1 N–H and O–H groups in total. The second-order valence-corrected chi connectivity index (χ2v) is 2.33. The van der Waals surface area contributed by atoms with E-state index in [-0.39, 0.29) is 5.28 Å². The fourth-order valence-electron chi connectivity index (χ4n) is 0.623. The van der Waals surface area contributed by atoms with Crippen LogP contribution in [0.15, 0.2) is 18.5 Å². The summed E-state index contributed by atoms with van der Waals surface area (Å²) in [6.07, 6.45) is 4.33. The van der Waals surface area contributed by atoms with Crippen molar-refractivity contribution in [1.29, 1.82) is 5.26 Å². The highest BCUT2D eigenvalue weighted by Crippen LogP contribution is 2.00. The zero-order chi connectivity index (χ0) is 9.52. The third kappa shape index (κ3) is 3.49. The van der Waals surface area contributed by atoms with E-state index in [4.69, 9.17) is 16.9 Å². The third-order valence-electron chi connectivity index (χ3n) is 1.11. The van der Waals surface area contributed by atoms with Crippen LogP contribution in [-0.2, 0) is 0 Å². The second kappa shape index (κ2) is 5.06. The first kappa shape index (κ1) is 9.42. The lowest BCUT2D eigenvalue weighted by atomic mass is 10.5. The Morgan fingerprint density at radius 1 is 1.62 bits per heavy atom. The molecule has 1 heterocycles. The summed E-state index contributed by atoms with van der Waals surface area (Å²) in [6.45, 7) is 0.480. The predicted octanol–water partition coefficient (Wildman–Crippen LogP) is 1.02. The van der Waals surface area contributed by atoms with Gasteiger partial charge < -0.3 is 5.32 Å². The molecule has 0 atom stereocenters. The van der Waals surface area contributed by atoms with E-state index < -0.39 is 0 Å². The first-order valence-electron chi connectivity index (χ1n) is 3.46. The highest BCUT2D eigenvalue weighted by molar-refractivity contribution is 6.28. The minimum Gasteiger partial charge on any atom is -0.351 e. The van der Waals surface area contributed by atoms with E-state index in [1.54, 1.807) is 6.08 Å². The van der Waals surface area contributed by atoms with E-state index in [2.05, 4.69) is 20.3 Å². The SMILES string of the molecule is N#CC=CCNc1ncnc(Cl)n1. The van der Waals surface area contributed by atoms with Gasteiger partial charge >= 0.3 is 0 Å². The van der Waals surface area contributed by atoms with Crippen molar-refractivity contribution in [3.63, 3.8) is 0 Å². The van der Waals surface area contributed by atoms with Crippen LogP contribution in [0.3, 0.4) is 0 Å². The van der Waals surface area contributed by atoms with Crippen LogP contribution in [0, 0.1) is 11.3 Å². The summed E-state index contributed by atoms with van der Waals surface area (Å²) in [6, 6.07) is 1.87. The van der Waals surface area contributed by atoms with Crippen LogP contribution in [0.25, 0.3) is 0 Å². The standard InChI is InChI=1S/C7H6ClN5/c8-6-11-5-12-7(13-6)10-4-2-1-3-9/h1-2,5H,4H2,(H,10,11,12,13). The lowest BCUT2D eigenvalue weighted by Gasteiger charge is -1.98. The van der Waals surface area contributed by atoms with Crippen molar-refractivity contribution in [3.8, 4) is 6.07 Å². The second-order valence-electron chi connectivity index (χ2n) is 1.99. The average Bonchev–Trinajstić information content (AvgIpc) is 2.13.